The van der Waals surface area contributed by atoms with Gasteiger partial charge >= 0.3 is 0 Å². The number of anilines is 2. The average molecular weight is 396 g/mol. The first-order valence-corrected chi connectivity index (χ1v) is 7.77. The van der Waals surface area contributed by atoms with Gasteiger partial charge in [0.15, 0.2) is 0 Å². The topological polar surface area (TPSA) is 41.1 Å². The quantitative estimate of drug-likeness (QED) is 0.778. The normalized spacial score (nSPS) is 16.8. The molecule has 0 aliphatic carbocycles. The molecule has 1 heterocycles. The van der Waals surface area contributed by atoms with E-state index < -0.39 is 0 Å². The predicted molar refractivity (Wildman–Crippen MR) is 88.0 cm³/mol. The zero-order valence-electron chi connectivity index (χ0n) is 10.7. The molecule has 1 atom stereocenters. The molecule has 1 unspecified atom stereocenters. The second kappa shape index (κ2) is 5.22. The monoisotopic (exact) mass is 394 g/mol. The lowest BCUT2D eigenvalue weighted by Gasteiger charge is -2.16. The fourth-order valence-electron chi connectivity index (χ4n) is 2.36. The Balaban J connectivity index is 1.98. The highest BCUT2D eigenvalue weighted by atomic mass is 79.9. The molecular formula is C15H12Br2N2O. The van der Waals surface area contributed by atoms with Crippen molar-refractivity contribution in [3.8, 4) is 0 Å². The number of hydrogen-bond acceptors (Lipinski definition) is 2. The van der Waals surface area contributed by atoms with Crippen molar-refractivity contribution in [2.45, 2.75) is 13.0 Å². The zero-order valence-corrected chi connectivity index (χ0v) is 13.9. The van der Waals surface area contributed by atoms with E-state index in [0.717, 1.165) is 31.4 Å². The number of aryl methyl sites for hydroxylation is 1. The maximum absolute atomic E-state index is 12.2. The summed E-state index contributed by atoms with van der Waals surface area (Å²) in [5, 5.41) is 6.22. The third-order valence-electron chi connectivity index (χ3n) is 3.35. The minimum absolute atomic E-state index is 0.0331. The first-order chi connectivity index (χ1) is 9.56. The van der Waals surface area contributed by atoms with Crippen LogP contribution in [0.3, 0.4) is 0 Å². The lowest BCUT2D eigenvalue weighted by Crippen LogP contribution is -2.20. The third-order valence-corrected chi connectivity index (χ3v) is 4.53. The van der Waals surface area contributed by atoms with E-state index in [1.54, 1.807) is 0 Å². The third kappa shape index (κ3) is 2.36. The van der Waals surface area contributed by atoms with Gasteiger partial charge in [-0.25, -0.2) is 0 Å². The molecule has 2 aromatic carbocycles. The number of nitrogens with one attached hydrogen (secondary N) is 2. The van der Waals surface area contributed by atoms with Crippen LogP contribution in [0.2, 0.25) is 0 Å². The second-order valence-electron chi connectivity index (χ2n) is 4.73. The maximum atomic E-state index is 12.2. The van der Waals surface area contributed by atoms with Crippen molar-refractivity contribution >= 4 is 49.1 Å². The van der Waals surface area contributed by atoms with Crippen LogP contribution >= 0.6 is 31.9 Å². The van der Waals surface area contributed by atoms with E-state index in [9.17, 15) is 4.79 Å². The number of carbonyl (C=O) groups is 1. The minimum atomic E-state index is -0.375. The first kappa shape index (κ1) is 13.6. The molecule has 1 aliphatic heterocycles. The Morgan fingerprint density at radius 2 is 2.00 bits per heavy atom. The molecule has 3 rings (SSSR count). The number of halogens is 2. The van der Waals surface area contributed by atoms with Crippen LogP contribution in [-0.4, -0.2) is 5.91 Å². The number of fused-ring (bicyclic) bond motifs is 1. The Kier molecular flexibility index (Phi) is 3.56. The van der Waals surface area contributed by atoms with Crippen molar-refractivity contribution in [1.82, 2.24) is 0 Å². The highest BCUT2D eigenvalue weighted by molar-refractivity contribution is 9.10. The number of rotatable bonds is 2. The van der Waals surface area contributed by atoms with Gasteiger partial charge in [-0.3, -0.25) is 4.79 Å². The van der Waals surface area contributed by atoms with E-state index in [0.29, 0.717) is 0 Å². The van der Waals surface area contributed by atoms with Crippen LogP contribution in [0.15, 0.2) is 45.3 Å². The first-order valence-electron chi connectivity index (χ1n) is 6.18. The summed E-state index contributed by atoms with van der Waals surface area (Å²) < 4.78 is 1.96. The summed E-state index contributed by atoms with van der Waals surface area (Å²) >= 11 is 6.96. The van der Waals surface area contributed by atoms with E-state index in [1.807, 2.05) is 43.3 Å². The van der Waals surface area contributed by atoms with Gasteiger partial charge in [0, 0.05) is 25.9 Å². The van der Waals surface area contributed by atoms with Crippen molar-refractivity contribution in [3.63, 3.8) is 0 Å². The summed E-state index contributed by atoms with van der Waals surface area (Å²) in [7, 11) is 0. The molecular weight excluding hydrogens is 384 g/mol. The van der Waals surface area contributed by atoms with Gasteiger partial charge in [-0.05, 0) is 42.8 Å². The van der Waals surface area contributed by atoms with Gasteiger partial charge in [0.1, 0.15) is 6.04 Å². The Morgan fingerprint density at radius 3 is 2.75 bits per heavy atom. The fourth-order valence-corrected chi connectivity index (χ4v) is 3.43. The summed E-state index contributed by atoms with van der Waals surface area (Å²) in [5.41, 5.74) is 3.86. The summed E-state index contributed by atoms with van der Waals surface area (Å²) in [4.78, 5) is 12.2. The molecule has 5 heteroatoms. The van der Waals surface area contributed by atoms with E-state index >= 15 is 0 Å². The molecule has 0 fully saturated rings. The molecule has 1 amide bonds. The van der Waals surface area contributed by atoms with Gasteiger partial charge in [-0.1, -0.05) is 37.9 Å². The summed E-state index contributed by atoms with van der Waals surface area (Å²) in [6.45, 7) is 2.01. The molecule has 0 radical (unpaired) electrons. The Bertz CT molecular complexity index is 700. The number of carbonyl (C=O) groups excluding carboxylic acids is 1. The average Bonchev–Trinajstić information content (AvgIpc) is 2.70. The lowest BCUT2D eigenvalue weighted by molar-refractivity contribution is -0.116. The molecule has 3 nitrogen and oxygen atoms in total. The molecule has 0 aromatic heterocycles. The Hall–Kier alpha value is -1.33. The van der Waals surface area contributed by atoms with Gasteiger partial charge in [-0.15, -0.1) is 0 Å². The SMILES string of the molecule is Cc1cc(Br)ccc1NC1C(=O)Nc2cccc(Br)c21. The second-order valence-corrected chi connectivity index (χ2v) is 6.50. The van der Waals surface area contributed by atoms with Gasteiger partial charge in [0.05, 0.1) is 0 Å². The smallest absolute Gasteiger partial charge is 0.251 e. The fraction of sp³-hybridized carbons (Fsp3) is 0.133. The standard InChI is InChI=1S/C15H12Br2N2O/c1-8-7-9(16)5-6-11(8)18-14-13-10(17)3-2-4-12(13)19-15(14)20/h2-7,14,18H,1H3,(H,19,20). The Morgan fingerprint density at radius 1 is 1.20 bits per heavy atom. The predicted octanol–water partition coefficient (Wildman–Crippen LogP) is 4.63. The largest absolute Gasteiger partial charge is 0.370 e. The van der Waals surface area contributed by atoms with E-state index in [1.165, 1.54) is 0 Å². The van der Waals surface area contributed by atoms with Crippen molar-refractivity contribution in [2.24, 2.45) is 0 Å². The molecule has 2 N–H and O–H groups in total. The molecule has 0 bridgehead atoms. The minimum Gasteiger partial charge on any atom is -0.370 e. The zero-order chi connectivity index (χ0) is 14.3. The summed E-state index contributed by atoms with van der Waals surface area (Å²) in [6, 6.07) is 11.4. The van der Waals surface area contributed by atoms with E-state index in [-0.39, 0.29) is 11.9 Å². The van der Waals surface area contributed by atoms with Gasteiger partial charge in [0.2, 0.25) is 0 Å². The van der Waals surface area contributed by atoms with Crippen LogP contribution in [0.1, 0.15) is 17.2 Å². The van der Waals surface area contributed by atoms with E-state index in [2.05, 4.69) is 42.5 Å². The maximum Gasteiger partial charge on any atom is 0.251 e. The number of benzene rings is 2. The molecule has 0 saturated carbocycles. The Labute approximate surface area is 134 Å². The van der Waals surface area contributed by atoms with Crippen molar-refractivity contribution < 1.29 is 4.79 Å². The molecule has 20 heavy (non-hydrogen) atoms. The van der Waals surface area contributed by atoms with Crippen LogP contribution in [-0.2, 0) is 4.79 Å². The van der Waals surface area contributed by atoms with Crippen molar-refractivity contribution in [1.29, 1.82) is 0 Å². The van der Waals surface area contributed by atoms with E-state index in [4.69, 9.17) is 0 Å². The molecule has 0 spiro atoms. The number of amides is 1. The van der Waals surface area contributed by atoms with Gasteiger partial charge in [0.25, 0.3) is 5.91 Å². The van der Waals surface area contributed by atoms with Gasteiger partial charge in [-0.2, -0.15) is 0 Å². The van der Waals surface area contributed by atoms with Crippen molar-refractivity contribution in [2.75, 3.05) is 10.6 Å². The van der Waals surface area contributed by atoms with Crippen molar-refractivity contribution in [3.05, 3.63) is 56.5 Å². The molecule has 0 saturated heterocycles. The highest BCUT2D eigenvalue weighted by Gasteiger charge is 2.32. The van der Waals surface area contributed by atoms with Crippen LogP contribution in [0.4, 0.5) is 11.4 Å². The van der Waals surface area contributed by atoms with Crippen LogP contribution in [0.25, 0.3) is 0 Å². The molecule has 2 aromatic rings. The number of hydrogen-bond donors (Lipinski definition) is 2. The van der Waals surface area contributed by atoms with Gasteiger partial charge < -0.3 is 10.6 Å². The molecule has 102 valence electrons. The lowest BCUT2D eigenvalue weighted by atomic mass is 10.1. The summed E-state index contributed by atoms with van der Waals surface area (Å²) in [5.74, 6) is -0.0331. The van der Waals surface area contributed by atoms with Crippen LogP contribution < -0.4 is 10.6 Å². The highest BCUT2D eigenvalue weighted by Crippen LogP contribution is 2.38. The summed E-state index contributed by atoms with van der Waals surface area (Å²) in [6.07, 6.45) is 0. The molecule has 1 aliphatic rings. The van der Waals surface area contributed by atoms with Crippen LogP contribution in [0.5, 0.6) is 0 Å². The van der Waals surface area contributed by atoms with Crippen LogP contribution in [0, 0.1) is 6.92 Å².